The molecular weight excluding hydrogens is 296 g/mol. The van der Waals surface area contributed by atoms with Crippen molar-refractivity contribution in [2.24, 2.45) is 0 Å². The van der Waals surface area contributed by atoms with Gasteiger partial charge in [0.1, 0.15) is 0 Å². The number of pyridine rings is 1. The number of hydrogen-bond donors (Lipinski definition) is 1. The molecule has 2 aromatic rings. The maximum Gasteiger partial charge on any atom is 0.280 e. The SMILES string of the molecule is Nc1cnccc1SCc1ccc([N+](=O)[O-])cc1[N+](=O)[O-]. The zero-order chi connectivity index (χ0) is 15.4. The molecule has 0 aliphatic rings. The summed E-state index contributed by atoms with van der Waals surface area (Å²) in [6, 6.07) is 5.31. The van der Waals surface area contributed by atoms with Crippen LogP contribution in [0.4, 0.5) is 17.1 Å². The van der Waals surface area contributed by atoms with E-state index in [0.717, 1.165) is 11.0 Å². The van der Waals surface area contributed by atoms with Gasteiger partial charge >= 0.3 is 0 Å². The second-order valence-corrected chi connectivity index (χ2v) is 5.05. The summed E-state index contributed by atoms with van der Waals surface area (Å²) < 4.78 is 0. The number of nitro benzene ring substituents is 2. The minimum atomic E-state index is -0.662. The molecule has 0 fully saturated rings. The van der Waals surface area contributed by atoms with Crippen LogP contribution in [0.1, 0.15) is 5.56 Å². The van der Waals surface area contributed by atoms with Crippen LogP contribution in [0, 0.1) is 20.2 Å². The van der Waals surface area contributed by atoms with Gasteiger partial charge in [0.25, 0.3) is 11.4 Å². The molecule has 9 heteroatoms. The predicted molar refractivity (Wildman–Crippen MR) is 78.0 cm³/mol. The van der Waals surface area contributed by atoms with Crippen LogP contribution >= 0.6 is 11.8 Å². The Balaban J connectivity index is 2.26. The van der Waals surface area contributed by atoms with Crippen molar-refractivity contribution < 1.29 is 9.85 Å². The van der Waals surface area contributed by atoms with E-state index in [0.29, 0.717) is 11.3 Å². The number of benzene rings is 1. The topological polar surface area (TPSA) is 125 Å². The second-order valence-electron chi connectivity index (χ2n) is 4.03. The molecule has 108 valence electrons. The van der Waals surface area contributed by atoms with Crippen molar-refractivity contribution in [1.82, 2.24) is 4.98 Å². The fourth-order valence-corrected chi connectivity index (χ4v) is 2.57. The Bertz CT molecular complexity index is 707. The quantitative estimate of drug-likeness (QED) is 0.511. The fourth-order valence-electron chi connectivity index (χ4n) is 1.64. The lowest BCUT2D eigenvalue weighted by molar-refractivity contribution is -0.394. The van der Waals surface area contributed by atoms with Crippen molar-refractivity contribution in [3.05, 3.63) is 62.5 Å². The van der Waals surface area contributed by atoms with Gasteiger partial charge < -0.3 is 5.73 Å². The van der Waals surface area contributed by atoms with E-state index >= 15 is 0 Å². The Morgan fingerprint density at radius 1 is 1.19 bits per heavy atom. The van der Waals surface area contributed by atoms with E-state index in [2.05, 4.69) is 4.98 Å². The van der Waals surface area contributed by atoms with Crippen LogP contribution < -0.4 is 5.73 Å². The van der Waals surface area contributed by atoms with Gasteiger partial charge in [-0.1, -0.05) is 0 Å². The molecule has 8 nitrogen and oxygen atoms in total. The molecule has 1 aromatic carbocycles. The molecule has 0 aliphatic carbocycles. The fraction of sp³-hybridized carbons (Fsp3) is 0.0833. The number of nitrogens with zero attached hydrogens (tertiary/aromatic N) is 3. The molecule has 0 radical (unpaired) electrons. The third-order valence-corrected chi connectivity index (χ3v) is 3.81. The number of non-ortho nitro benzene ring substituents is 1. The van der Waals surface area contributed by atoms with Gasteiger partial charge in [0.05, 0.1) is 27.8 Å². The average Bonchev–Trinajstić information content (AvgIpc) is 2.46. The lowest BCUT2D eigenvalue weighted by atomic mass is 10.2. The molecule has 0 saturated carbocycles. The van der Waals surface area contributed by atoms with Crippen LogP contribution in [0.15, 0.2) is 41.6 Å². The standard InChI is InChI=1S/C12H10N4O4S/c13-10-6-14-4-3-12(10)21-7-8-1-2-9(15(17)18)5-11(8)16(19)20/h1-6H,7,13H2. The summed E-state index contributed by atoms with van der Waals surface area (Å²) in [5.74, 6) is 0.280. The first kappa shape index (κ1) is 14.7. The van der Waals surface area contributed by atoms with Crippen molar-refractivity contribution in [2.45, 2.75) is 10.6 Å². The molecule has 21 heavy (non-hydrogen) atoms. The molecular formula is C12H10N4O4S. The van der Waals surface area contributed by atoms with E-state index in [4.69, 9.17) is 5.73 Å². The zero-order valence-corrected chi connectivity index (χ0v) is 11.4. The third-order valence-electron chi connectivity index (χ3n) is 2.67. The van der Waals surface area contributed by atoms with E-state index in [-0.39, 0.29) is 17.1 Å². The highest BCUT2D eigenvalue weighted by molar-refractivity contribution is 7.98. The van der Waals surface area contributed by atoms with E-state index in [1.165, 1.54) is 30.1 Å². The van der Waals surface area contributed by atoms with Crippen molar-refractivity contribution in [2.75, 3.05) is 5.73 Å². The Morgan fingerprint density at radius 2 is 1.95 bits per heavy atom. The van der Waals surface area contributed by atoms with Crippen LogP contribution in [-0.4, -0.2) is 14.8 Å². The van der Waals surface area contributed by atoms with Crippen molar-refractivity contribution in [3.8, 4) is 0 Å². The highest BCUT2D eigenvalue weighted by atomic mass is 32.2. The lowest BCUT2D eigenvalue weighted by Gasteiger charge is -2.05. The average molecular weight is 306 g/mol. The van der Waals surface area contributed by atoms with Crippen molar-refractivity contribution >= 4 is 28.8 Å². The van der Waals surface area contributed by atoms with Crippen LogP contribution in [0.5, 0.6) is 0 Å². The Kier molecular flexibility index (Phi) is 4.33. The van der Waals surface area contributed by atoms with Crippen LogP contribution in [0.2, 0.25) is 0 Å². The molecule has 0 saturated heterocycles. The zero-order valence-electron chi connectivity index (χ0n) is 10.6. The predicted octanol–water partition coefficient (Wildman–Crippen LogP) is 2.77. The number of nitrogens with two attached hydrogens (primary N) is 1. The minimum absolute atomic E-state index is 0.274. The summed E-state index contributed by atoms with van der Waals surface area (Å²) in [7, 11) is 0. The maximum absolute atomic E-state index is 11.0. The number of aromatic nitrogens is 1. The van der Waals surface area contributed by atoms with Crippen molar-refractivity contribution in [1.29, 1.82) is 0 Å². The van der Waals surface area contributed by atoms with E-state index in [9.17, 15) is 20.2 Å². The van der Waals surface area contributed by atoms with Crippen molar-refractivity contribution in [3.63, 3.8) is 0 Å². The largest absolute Gasteiger partial charge is 0.397 e. The minimum Gasteiger partial charge on any atom is -0.397 e. The van der Waals surface area contributed by atoms with Gasteiger partial charge in [-0.15, -0.1) is 11.8 Å². The highest BCUT2D eigenvalue weighted by Gasteiger charge is 2.19. The molecule has 0 bridgehead atoms. The molecule has 0 unspecified atom stereocenters. The van der Waals surface area contributed by atoms with Gasteiger partial charge in [-0.2, -0.15) is 0 Å². The first-order valence-electron chi connectivity index (χ1n) is 5.73. The summed E-state index contributed by atoms with van der Waals surface area (Å²) in [6.45, 7) is 0. The summed E-state index contributed by atoms with van der Waals surface area (Å²) in [4.78, 5) is 25.0. The molecule has 0 amide bonds. The highest BCUT2D eigenvalue weighted by Crippen LogP contribution is 2.32. The number of anilines is 1. The molecule has 2 N–H and O–H groups in total. The first-order valence-corrected chi connectivity index (χ1v) is 6.71. The van der Waals surface area contributed by atoms with Gasteiger partial charge in [-0.05, 0) is 12.1 Å². The van der Waals surface area contributed by atoms with E-state index < -0.39 is 9.85 Å². The Labute approximate surface area is 123 Å². The van der Waals surface area contributed by atoms with Gasteiger partial charge in [-0.25, -0.2) is 0 Å². The smallest absolute Gasteiger partial charge is 0.280 e. The maximum atomic E-state index is 11.0. The van der Waals surface area contributed by atoms with Gasteiger partial charge in [-0.3, -0.25) is 25.2 Å². The summed E-state index contributed by atoms with van der Waals surface area (Å²) in [6.07, 6.45) is 3.07. The number of rotatable bonds is 5. The van der Waals surface area contributed by atoms with E-state index in [1.54, 1.807) is 12.3 Å². The summed E-state index contributed by atoms with van der Waals surface area (Å²) in [5.41, 5.74) is 6.03. The molecule has 0 spiro atoms. The Morgan fingerprint density at radius 3 is 2.57 bits per heavy atom. The van der Waals surface area contributed by atoms with Gasteiger partial charge in [0, 0.05) is 28.5 Å². The molecule has 1 heterocycles. The monoisotopic (exact) mass is 306 g/mol. The van der Waals surface area contributed by atoms with Gasteiger partial charge in [0.15, 0.2) is 0 Å². The summed E-state index contributed by atoms with van der Waals surface area (Å²) in [5, 5.41) is 21.7. The molecule has 1 aromatic heterocycles. The number of thioether (sulfide) groups is 1. The normalized spacial score (nSPS) is 10.3. The second kappa shape index (κ2) is 6.18. The third kappa shape index (κ3) is 3.45. The number of nitro groups is 2. The Hall–Kier alpha value is -2.68. The molecule has 0 atom stereocenters. The molecule has 2 rings (SSSR count). The number of hydrogen-bond acceptors (Lipinski definition) is 7. The van der Waals surface area contributed by atoms with Crippen LogP contribution in [0.3, 0.4) is 0 Å². The first-order chi connectivity index (χ1) is 9.99. The van der Waals surface area contributed by atoms with Gasteiger partial charge in [0.2, 0.25) is 0 Å². The van der Waals surface area contributed by atoms with E-state index in [1.807, 2.05) is 0 Å². The summed E-state index contributed by atoms with van der Waals surface area (Å²) >= 11 is 1.31. The molecule has 0 aliphatic heterocycles. The van der Waals surface area contributed by atoms with Crippen LogP contribution in [-0.2, 0) is 5.75 Å². The lowest BCUT2D eigenvalue weighted by Crippen LogP contribution is -1.97. The number of nitrogen functional groups attached to an aromatic ring is 1. The van der Waals surface area contributed by atoms with Crippen LogP contribution in [0.25, 0.3) is 0 Å².